The van der Waals surface area contributed by atoms with Crippen LogP contribution in [-0.4, -0.2) is 0 Å². The molecule has 1 aromatic rings. The van der Waals surface area contributed by atoms with Crippen LogP contribution in [0.3, 0.4) is 0 Å². The third-order valence-electron chi connectivity index (χ3n) is 3.47. The molecule has 1 nitrogen and oxygen atoms in total. The average Bonchev–Trinajstić information content (AvgIpc) is 2.15. The highest BCUT2D eigenvalue weighted by atomic mass is 19.1. The maximum Gasteiger partial charge on any atom is 0.131 e. The van der Waals surface area contributed by atoms with Gasteiger partial charge in [-0.1, -0.05) is 25.8 Å². The van der Waals surface area contributed by atoms with Gasteiger partial charge in [0.2, 0.25) is 0 Å². The lowest BCUT2D eigenvalue weighted by Crippen LogP contribution is -2.49. The highest BCUT2D eigenvalue weighted by Crippen LogP contribution is 2.46. The maximum absolute atomic E-state index is 13.6. The first-order valence-corrected chi connectivity index (χ1v) is 5.79. The molecule has 0 aliphatic heterocycles. The number of nitrogens with two attached hydrogens (primary N) is 1. The van der Waals surface area contributed by atoms with Crippen molar-refractivity contribution in [3.63, 3.8) is 0 Å². The molecule has 0 heterocycles. The van der Waals surface area contributed by atoms with E-state index in [2.05, 4.69) is 6.92 Å². The molecule has 0 spiro atoms. The van der Waals surface area contributed by atoms with Gasteiger partial charge in [0.15, 0.2) is 0 Å². The Morgan fingerprint density at radius 1 is 1.38 bits per heavy atom. The summed E-state index contributed by atoms with van der Waals surface area (Å²) in [5.74, 6) is -0.466. The van der Waals surface area contributed by atoms with Crippen LogP contribution < -0.4 is 5.73 Å². The highest BCUT2D eigenvalue weighted by molar-refractivity contribution is 5.29. The topological polar surface area (TPSA) is 26.0 Å². The van der Waals surface area contributed by atoms with E-state index in [0.29, 0.717) is 11.5 Å². The minimum atomic E-state index is -0.572. The summed E-state index contributed by atoms with van der Waals surface area (Å²) in [4.78, 5) is 0. The molecule has 1 fully saturated rings. The van der Waals surface area contributed by atoms with Gasteiger partial charge >= 0.3 is 0 Å². The van der Waals surface area contributed by atoms with Crippen LogP contribution in [0.5, 0.6) is 0 Å². The van der Waals surface area contributed by atoms with Gasteiger partial charge in [0.25, 0.3) is 0 Å². The molecule has 16 heavy (non-hydrogen) atoms. The van der Waals surface area contributed by atoms with Crippen molar-refractivity contribution in [1.29, 1.82) is 0 Å². The molecule has 3 heteroatoms. The lowest BCUT2D eigenvalue weighted by molar-refractivity contribution is 0.133. The van der Waals surface area contributed by atoms with Gasteiger partial charge in [-0.3, -0.25) is 0 Å². The predicted molar refractivity (Wildman–Crippen MR) is 59.9 cm³/mol. The third kappa shape index (κ3) is 1.96. The standard InChI is InChI=1S/C13H17F2N/c1-2-3-9-7-13(16,8-9)11-5-4-10(14)6-12(11)15/h4-6,9H,2-3,7-8,16H2,1H3. The molecule has 88 valence electrons. The number of hydrogen-bond donors (Lipinski definition) is 1. The molecule has 0 amide bonds. The molecule has 1 saturated carbocycles. The zero-order chi connectivity index (χ0) is 11.8. The Morgan fingerprint density at radius 3 is 2.62 bits per heavy atom. The van der Waals surface area contributed by atoms with E-state index in [4.69, 9.17) is 5.73 Å². The number of hydrogen-bond acceptors (Lipinski definition) is 1. The number of halogens is 2. The third-order valence-corrected chi connectivity index (χ3v) is 3.47. The predicted octanol–water partition coefficient (Wildman–Crippen LogP) is 3.33. The second-order valence-corrected chi connectivity index (χ2v) is 4.84. The van der Waals surface area contributed by atoms with Crippen LogP contribution >= 0.6 is 0 Å². The van der Waals surface area contributed by atoms with Crippen LogP contribution in [-0.2, 0) is 5.54 Å². The summed E-state index contributed by atoms with van der Waals surface area (Å²) >= 11 is 0. The van der Waals surface area contributed by atoms with Gasteiger partial charge in [-0.2, -0.15) is 0 Å². The Hall–Kier alpha value is -0.960. The fourth-order valence-corrected chi connectivity index (χ4v) is 2.70. The van der Waals surface area contributed by atoms with Crippen molar-refractivity contribution < 1.29 is 8.78 Å². The fourth-order valence-electron chi connectivity index (χ4n) is 2.70. The quantitative estimate of drug-likeness (QED) is 0.839. The van der Waals surface area contributed by atoms with Crippen LogP contribution in [0.1, 0.15) is 38.2 Å². The Bertz CT molecular complexity index is 384. The molecule has 2 rings (SSSR count). The zero-order valence-electron chi connectivity index (χ0n) is 9.47. The first-order valence-electron chi connectivity index (χ1n) is 5.79. The average molecular weight is 225 g/mol. The molecular formula is C13H17F2N. The van der Waals surface area contributed by atoms with Crippen LogP contribution in [0.2, 0.25) is 0 Å². The Morgan fingerprint density at radius 2 is 2.06 bits per heavy atom. The van der Waals surface area contributed by atoms with Crippen molar-refractivity contribution in [3.8, 4) is 0 Å². The largest absolute Gasteiger partial charge is 0.321 e. The second-order valence-electron chi connectivity index (χ2n) is 4.84. The molecule has 0 bridgehead atoms. The SMILES string of the molecule is CCCC1CC(N)(c2ccc(F)cc2F)C1. The van der Waals surface area contributed by atoms with Gasteiger partial charge < -0.3 is 5.73 Å². The van der Waals surface area contributed by atoms with Gasteiger partial charge in [0.1, 0.15) is 11.6 Å². The number of rotatable bonds is 3. The van der Waals surface area contributed by atoms with E-state index in [-0.39, 0.29) is 0 Å². The summed E-state index contributed by atoms with van der Waals surface area (Å²) in [6, 6.07) is 3.67. The lowest BCUT2D eigenvalue weighted by atomic mass is 9.64. The van der Waals surface area contributed by atoms with Crippen LogP contribution in [0.4, 0.5) is 8.78 Å². The van der Waals surface area contributed by atoms with E-state index in [1.165, 1.54) is 12.1 Å². The van der Waals surface area contributed by atoms with Gasteiger partial charge in [-0.05, 0) is 24.8 Å². The van der Waals surface area contributed by atoms with Gasteiger partial charge in [0, 0.05) is 17.2 Å². The summed E-state index contributed by atoms with van der Waals surface area (Å²) in [5.41, 5.74) is 6.02. The van der Waals surface area contributed by atoms with Gasteiger partial charge in [-0.15, -0.1) is 0 Å². The van der Waals surface area contributed by atoms with Crippen molar-refractivity contribution in [2.24, 2.45) is 11.7 Å². The van der Waals surface area contributed by atoms with Crippen LogP contribution in [0, 0.1) is 17.6 Å². The van der Waals surface area contributed by atoms with Crippen molar-refractivity contribution in [2.75, 3.05) is 0 Å². The maximum atomic E-state index is 13.6. The molecule has 0 radical (unpaired) electrons. The monoisotopic (exact) mass is 225 g/mol. The first-order chi connectivity index (χ1) is 7.55. The molecule has 1 aliphatic carbocycles. The Kier molecular flexibility index (Phi) is 2.98. The molecule has 0 saturated heterocycles. The smallest absolute Gasteiger partial charge is 0.131 e. The van der Waals surface area contributed by atoms with Crippen molar-refractivity contribution >= 4 is 0 Å². The second kappa shape index (κ2) is 4.13. The molecule has 1 aliphatic rings. The molecule has 0 aromatic heterocycles. The fraction of sp³-hybridized carbons (Fsp3) is 0.538. The summed E-state index contributed by atoms with van der Waals surface area (Å²) in [6.45, 7) is 2.13. The van der Waals surface area contributed by atoms with Crippen molar-refractivity contribution in [1.82, 2.24) is 0 Å². The van der Waals surface area contributed by atoms with E-state index >= 15 is 0 Å². The van der Waals surface area contributed by atoms with Gasteiger partial charge in [-0.25, -0.2) is 8.78 Å². The van der Waals surface area contributed by atoms with Crippen molar-refractivity contribution in [3.05, 3.63) is 35.4 Å². The van der Waals surface area contributed by atoms with E-state index in [9.17, 15) is 8.78 Å². The summed E-state index contributed by atoms with van der Waals surface area (Å²) in [5, 5.41) is 0. The molecule has 0 atom stereocenters. The van der Waals surface area contributed by atoms with E-state index in [0.717, 1.165) is 31.7 Å². The first kappa shape index (κ1) is 11.5. The summed E-state index contributed by atoms with van der Waals surface area (Å²) < 4.78 is 26.3. The Balaban J connectivity index is 2.14. The lowest BCUT2D eigenvalue weighted by Gasteiger charge is -2.45. The molecule has 1 aromatic carbocycles. The minimum absolute atomic E-state index is 0.459. The highest BCUT2D eigenvalue weighted by Gasteiger charge is 2.43. The summed E-state index contributed by atoms with van der Waals surface area (Å²) in [7, 11) is 0. The minimum Gasteiger partial charge on any atom is -0.321 e. The van der Waals surface area contributed by atoms with E-state index < -0.39 is 17.2 Å². The van der Waals surface area contributed by atoms with Crippen LogP contribution in [0.25, 0.3) is 0 Å². The van der Waals surface area contributed by atoms with Gasteiger partial charge in [0.05, 0.1) is 0 Å². The summed E-state index contributed by atoms with van der Waals surface area (Å²) in [6.07, 6.45) is 3.89. The molecular weight excluding hydrogens is 208 g/mol. The molecule has 2 N–H and O–H groups in total. The zero-order valence-corrected chi connectivity index (χ0v) is 9.47. The van der Waals surface area contributed by atoms with E-state index in [1.807, 2.05) is 0 Å². The number of benzene rings is 1. The van der Waals surface area contributed by atoms with E-state index in [1.54, 1.807) is 0 Å². The Labute approximate surface area is 94.7 Å². The van der Waals surface area contributed by atoms with Crippen LogP contribution in [0.15, 0.2) is 18.2 Å². The normalized spacial score (nSPS) is 28.9. The molecule has 0 unspecified atom stereocenters. The van der Waals surface area contributed by atoms with Crippen molar-refractivity contribution in [2.45, 2.75) is 38.1 Å².